The molecule has 0 saturated heterocycles. The van der Waals surface area contributed by atoms with Crippen molar-refractivity contribution >= 4 is 28.6 Å². The second-order valence-corrected chi connectivity index (χ2v) is 5.24. The van der Waals surface area contributed by atoms with Crippen LogP contribution in [0.5, 0.6) is 0 Å². The summed E-state index contributed by atoms with van der Waals surface area (Å²) in [6, 6.07) is 9.49. The summed E-state index contributed by atoms with van der Waals surface area (Å²) in [5.41, 5.74) is 2.16. The Bertz CT molecular complexity index is 480. The highest BCUT2D eigenvalue weighted by Crippen LogP contribution is 2.27. The molecule has 1 heterocycles. The quantitative estimate of drug-likeness (QED) is 0.882. The largest absolute Gasteiger partial charge is 0.394 e. The van der Waals surface area contributed by atoms with Gasteiger partial charge in [0.15, 0.2) is 0 Å². The fraction of sp³-hybridized carbons (Fsp3) is 0.231. The summed E-state index contributed by atoms with van der Waals surface area (Å²) in [6.45, 7) is 2.13. The average molecular weight is 268 g/mol. The van der Waals surface area contributed by atoms with Gasteiger partial charge in [0.2, 0.25) is 0 Å². The molecule has 0 aliphatic heterocycles. The fourth-order valence-electron chi connectivity index (χ4n) is 1.68. The minimum atomic E-state index is -0.0591. The molecule has 0 spiro atoms. The van der Waals surface area contributed by atoms with Crippen LogP contribution in [0.2, 0.25) is 5.02 Å². The second-order valence-electron chi connectivity index (χ2n) is 3.85. The van der Waals surface area contributed by atoms with Crippen LogP contribution in [0.3, 0.4) is 0 Å². The van der Waals surface area contributed by atoms with Gasteiger partial charge in [0.1, 0.15) is 0 Å². The first kappa shape index (κ1) is 12.4. The predicted octanol–water partition coefficient (Wildman–Crippen LogP) is 3.86. The number of aliphatic hydroxyl groups excluding tert-OH is 1. The highest BCUT2D eigenvalue weighted by Gasteiger charge is 2.13. The van der Waals surface area contributed by atoms with Crippen molar-refractivity contribution in [2.24, 2.45) is 0 Å². The van der Waals surface area contributed by atoms with E-state index in [9.17, 15) is 5.11 Å². The van der Waals surface area contributed by atoms with E-state index in [1.165, 1.54) is 10.4 Å². The van der Waals surface area contributed by atoms with Crippen molar-refractivity contribution in [3.05, 3.63) is 51.2 Å². The molecule has 90 valence electrons. The maximum absolute atomic E-state index is 9.46. The van der Waals surface area contributed by atoms with E-state index in [2.05, 4.69) is 18.3 Å². The molecular formula is C13H14ClNOS. The van der Waals surface area contributed by atoms with E-state index in [1.54, 1.807) is 11.3 Å². The summed E-state index contributed by atoms with van der Waals surface area (Å²) in [5.74, 6) is 0. The maximum atomic E-state index is 9.46. The van der Waals surface area contributed by atoms with E-state index in [0.717, 1.165) is 5.69 Å². The molecule has 0 bridgehead atoms. The standard InChI is InChI=1S/C13H14ClNOS/c1-9-6-7-17-13(9)12(8-16)15-11-4-2-10(14)3-5-11/h2-7,12,15-16H,8H2,1H3. The Morgan fingerprint density at radius 2 is 2.00 bits per heavy atom. The smallest absolute Gasteiger partial charge is 0.0840 e. The molecule has 0 aliphatic rings. The number of anilines is 1. The number of hydrogen-bond donors (Lipinski definition) is 2. The van der Waals surface area contributed by atoms with Crippen LogP contribution >= 0.6 is 22.9 Å². The van der Waals surface area contributed by atoms with Gasteiger partial charge in [0, 0.05) is 15.6 Å². The van der Waals surface area contributed by atoms with Gasteiger partial charge < -0.3 is 10.4 Å². The van der Waals surface area contributed by atoms with Crippen molar-refractivity contribution in [2.75, 3.05) is 11.9 Å². The molecule has 2 N–H and O–H groups in total. The number of aryl methyl sites for hydroxylation is 1. The van der Waals surface area contributed by atoms with Crippen LogP contribution in [0, 0.1) is 6.92 Å². The second kappa shape index (κ2) is 5.54. The molecule has 1 aromatic carbocycles. The van der Waals surface area contributed by atoms with Crippen molar-refractivity contribution in [1.29, 1.82) is 0 Å². The maximum Gasteiger partial charge on any atom is 0.0840 e. The lowest BCUT2D eigenvalue weighted by atomic mass is 10.1. The first-order valence-corrected chi connectivity index (χ1v) is 6.63. The Hall–Kier alpha value is -1.03. The van der Waals surface area contributed by atoms with Gasteiger partial charge in [-0.05, 0) is 48.2 Å². The summed E-state index contributed by atoms with van der Waals surface area (Å²) in [5, 5.41) is 15.5. The van der Waals surface area contributed by atoms with Gasteiger partial charge >= 0.3 is 0 Å². The van der Waals surface area contributed by atoms with E-state index in [4.69, 9.17) is 11.6 Å². The third-order valence-corrected chi connectivity index (χ3v) is 3.97. The van der Waals surface area contributed by atoms with E-state index < -0.39 is 0 Å². The number of rotatable bonds is 4. The van der Waals surface area contributed by atoms with E-state index in [0.29, 0.717) is 5.02 Å². The number of benzene rings is 1. The Morgan fingerprint density at radius 3 is 2.53 bits per heavy atom. The number of thiophene rings is 1. The number of halogens is 1. The minimum absolute atomic E-state index is 0.0591. The SMILES string of the molecule is Cc1ccsc1C(CO)Nc1ccc(Cl)cc1. The highest BCUT2D eigenvalue weighted by atomic mass is 35.5. The molecule has 17 heavy (non-hydrogen) atoms. The van der Waals surface area contributed by atoms with Crippen LogP contribution in [0.25, 0.3) is 0 Å². The fourth-order valence-corrected chi connectivity index (χ4v) is 2.78. The van der Waals surface area contributed by atoms with Gasteiger partial charge in [-0.1, -0.05) is 11.6 Å². The molecule has 0 radical (unpaired) electrons. The summed E-state index contributed by atoms with van der Waals surface area (Å²) in [6.07, 6.45) is 0. The van der Waals surface area contributed by atoms with Crippen molar-refractivity contribution in [1.82, 2.24) is 0 Å². The molecule has 0 fully saturated rings. The molecule has 1 unspecified atom stereocenters. The summed E-state index contributed by atoms with van der Waals surface area (Å²) in [4.78, 5) is 1.17. The van der Waals surface area contributed by atoms with Gasteiger partial charge in [0.25, 0.3) is 0 Å². The van der Waals surface area contributed by atoms with Crippen LogP contribution < -0.4 is 5.32 Å². The molecule has 4 heteroatoms. The predicted molar refractivity (Wildman–Crippen MR) is 74.0 cm³/mol. The van der Waals surface area contributed by atoms with Crippen molar-refractivity contribution in [3.8, 4) is 0 Å². The zero-order valence-corrected chi connectivity index (χ0v) is 11.1. The minimum Gasteiger partial charge on any atom is -0.394 e. The van der Waals surface area contributed by atoms with E-state index in [1.807, 2.05) is 29.6 Å². The summed E-state index contributed by atoms with van der Waals surface area (Å²) in [7, 11) is 0. The lowest BCUT2D eigenvalue weighted by Crippen LogP contribution is -2.14. The average Bonchev–Trinajstić information content (AvgIpc) is 2.75. The molecule has 1 aromatic heterocycles. The summed E-state index contributed by atoms with van der Waals surface area (Å²) < 4.78 is 0. The van der Waals surface area contributed by atoms with Crippen molar-refractivity contribution in [3.63, 3.8) is 0 Å². The third-order valence-electron chi connectivity index (χ3n) is 2.59. The van der Waals surface area contributed by atoms with Gasteiger partial charge in [-0.2, -0.15) is 0 Å². The van der Waals surface area contributed by atoms with Gasteiger partial charge in [-0.3, -0.25) is 0 Å². The van der Waals surface area contributed by atoms with E-state index >= 15 is 0 Å². The molecule has 2 rings (SSSR count). The van der Waals surface area contributed by atoms with Crippen molar-refractivity contribution < 1.29 is 5.11 Å². The monoisotopic (exact) mass is 267 g/mol. The zero-order valence-electron chi connectivity index (χ0n) is 9.48. The Morgan fingerprint density at radius 1 is 1.29 bits per heavy atom. The third kappa shape index (κ3) is 3.00. The number of aliphatic hydroxyl groups is 1. The number of nitrogens with one attached hydrogen (secondary N) is 1. The van der Waals surface area contributed by atoms with Gasteiger partial charge in [0.05, 0.1) is 12.6 Å². The van der Waals surface area contributed by atoms with Crippen LogP contribution in [0.1, 0.15) is 16.5 Å². The van der Waals surface area contributed by atoms with Gasteiger partial charge in [-0.25, -0.2) is 0 Å². The van der Waals surface area contributed by atoms with Crippen LogP contribution in [-0.2, 0) is 0 Å². The molecule has 2 nitrogen and oxygen atoms in total. The Balaban J connectivity index is 2.16. The molecule has 1 atom stereocenters. The Labute approximate surface area is 110 Å². The number of hydrogen-bond acceptors (Lipinski definition) is 3. The van der Waals surface area contributed by atoms with Gasteiger partial charge in [-0.15, -0.1) is 11.3 Å². The molecule has 0 saturated carbocycles. The highest BCUT2D eigenvalue weighted by molar-refractivity contribution is 7.10. The molecular weight excluding hydrogens is 254 g/mol. The van der Waals surface area contributed by atoms with E-state index in [-0.39, 0.29) is 12.6 Å². The lowest BCUT2D eigenvalue weighted by Gasteiger charge is -2.17. The van der Waals surface area contributed by atoms with Crippen molar-refractivity contribution in [2.45, 2.75) is 13.0 Å². The molecule has 0 amide bonds. The summed E-state index contributed by atoms with van der Waals surface area (Å²) >= 11 is 7.49. The molecule has 0 aliphatic carbocycles. The first-order chi connectivity index (χ1) is 8.20. The first-order valence-electron chi connectivity index (χ1n) is 5.37. The Kier molecular flexibility index (Phi) is 4.05. The zero-order chi connectivity index (χ0) is 12.3. The van der Waals surface area contributed by atoms with Crippen LogP contribution in [-0.4, -0.2) is 11.7 Å². The topological polar surface area (TPSA) is 32.3 Å². The molecule has 2 aromatic rings. The normalized spacial score (nSPS) is 12.4. The van der Waals surface area contributed by atoms with Crippen LogP contribution in [0.4, 0.5) is 5.69 Å². The van der Waals surface area contributed by atoms with Crippen LogP contribution in [0.15, 0.2) is 35.7 Å². The lowest BCUT2D eigenvalue weighted by molar-refractivity contribution is 0.277.